The Morgan fingerprint density at radius 1 is 1.29 bits per heavy atom. The molecule has 2 heterocycles. The van der Waals surface area contributed by atoms with Crippen LogP contribution in [0.25, 0.3) is 0 Å². The molecule has 1 fully saturated rings. The standard InChI is InChI=1S/C14H24N6.HI/c1-3-15-14(17-11-5-4-6-11)18-12-7-8-13-16-10(2)19-20(13)9-12;/h11-12H,3-9H2,1-2H3,(H2,15,17,18);1H. The quantitative estimate of drug-likeness (QED) is 0.457. The van der Waals surface area contributed by atoms with Crippen LogP contribution < -0.4 is 10.6 Å². The Labute approximate surface area is 143 Å². The number of aryl methyl sites for hydroxylation is 2. The smallest absolute Gasteiger partial charge is 0.191 e. The van der Waals surface area contributed by atoms with E-state index in [-0.39, 0.29) is 24.0 Å². The Morgan fingerprint density at radius 3 is 2.71 bits per heavy atom. The monoisotopic (exact) mass is 404 g/mol. The van der Waals surface area contributed by atoms with E-state index in [1.54, 1.807) is 0 Å². The highest BCUT2D eigenvalue weighted by molar-refractivity contribution is 14.0. The molecular formula is C14H25IN6. The van der Waals surface area contributed by atoms with Gasteiger partial charge in [-0.3, -0.25) is 4.99 Å². The molecule has 1 aliphatic heterocycles. The summed E-state index contributed by atoms with van der Waals surface area (Å²) in [5.41, 5.74) is 0. The van der Waals surface area contributed by atoms with Crippen molar-refractivity contribution in [2.75, 3.05) is 6.54 Å². The first kappa shape index (κ1) is 16.5. The molecule has 1 unspecified atom stereocenters. The van der Waals surface area contributed by atoms with Gasteiger partial charge in [0.05, 0.1) is 6.54 Å². The molecule has 0 saturated heterocycles. The van der Waals surface area contributed by atoms with Gasteiger partial charge in [0.2, 0.25) is 0 Å². The second kappa shape index (κ2) is 7.42. The third kappa shape index (κ3) is 4.08. The van der Waals surface area contributed by atoms with Gasteiger partial charge in [0.25, 0.3) is 0 Å². The molecule has 6 nitrogen and oxygen atoms in total. The van der Waals surface area contributed by atoms with Crippen molar-refractivity contribution in [3.05, 3.63) is 11.6 Å². The molecule has 2 aliphatic rings. The zero-order valence-electron chi connectivity index (χ0n) is 12.8. The number of aromatic nitrogens is 3. The van der Waals surface area contributed by atoms with Crippen LogP contribution in [-0.2, 0) is 13.0 Å². The second-order valence-electron chi connectivity index (χ2n) is 5.73. The van der Waals surface area contributed by atoms with Crippen LogP contribution in [0.3, 0.4) is 0 Å². The van der Waals surface area contributed by atoms with Gasteiger partial charge in [0.15, 0.2) is 5.96 Å². The maximum Gasteiger partial charge on any atom is 0.191 e. The van der Waals surface area contributed by atoms with Crippen LogP contribution in [0.1, 0.15) is 44.3 Å². The summed E-state index contributed by atoms with van der Waals surface area (Å²) < 4.78 is 2.03. The molecule has 1 atom stereocenters. The van der Waals surface area contributed by atoms with Crippen LogP contribution in [-0.4, -0.2) is 39.4 Å². The van der Waals surface area contributed by atoms with E-state index in [2.05, 4.69) is 32.6 Å². The van der Waals surface area contributed by atoms with Crippen molar-refractivity contribution in [3.8, 4) is 0 Å². The fourth-order valence-corrected chi connectivity index (χ4v) is 2.78. The van der Waals surface area contributed by atoms with E-state index < -0.39 is 0 Å². The molecule has 2 N–H and O–H groups in total. The Bertz CT molecular complexity index is 494. The molecule has 0 aromatic carbocycles. The number of nitrogens with zero attached hydrogens (tertiary/aromatic N) is 4. The van der Waals surface area contributed by atoms with E-state index in [0.29, 0.717) is 12.1 Å². The highest BCUT2D eigenvalue weighted by Crippen LogP contribution is 2.18. The SMILES string of the molecule is CCN=C(NC1CCC1)NC1CCc2nc(C)nn2C1.I. The molecule has 0 amide bonds. The molecule has 1 aromatic heterocycles. The zero-order chi connectivity index (χ0) is 13.9. The molecule has 1 saturated carbocycles. The lowest BCUT2D eigenvalue weighted by atomic mass is 9.93. The van der Waals surface area contributed by atoms with Gasteiger partial charge in [-0.25, -0.2) is 9.67 Å². The molecule has 21 heavy (non-hydrogen) atoms. The first-order valence-electron chi connectivity index (χ1n) is 7.72. The molecular weight excluding hydrogens is 379 g/mol. The fraction of sp³-hybridized carbons (Fsp3) is 0.786. The summed E-state index contributed by atoms with van der Waals surface area (Å²) in [6.45, 7) is 5.72. The third-order valence-corrected chi connectivity index (χ3v) is 4.07. The molecule has 3 rings (SSSR count). The van der Waals surface area contributed by atoms with Crippen molar-refractivity contribution in [3.63, 3.8) is 0 Å². The van der Waals surface area contributed by atoms with Crippen molar-refractivity contribution in [2.45, 2.75) is 64.6 Å². The molecule has 1 aliphatic carbocycles. The summed E-state index contributed by atoms with van der Waals surface area (Å²) in [7, 11) is 0. The van der Waals surface area contributed by atoms with E-state index >= 15 is 0 Å². The van der Waals surface area contributed by atoms with E-state index in [4.69, 9.17) is 0 Å². The Hall–Kier alpha value is -0.860. The van der Waals surface area contributed by atoms with Crippen molar-refractivity contribution in [1.29, 1.82) is 0 Å². The minimum atomic E-state index is 0. The maximum absolute atomic E-state index is 4.55. The van der Waals surface area contributed by atoms with E-state index in [0.717, 1.165) is 43.5 Å². The molecule has 0 bridgehead atoms. The number of nitrogens with one attached hydrogen (secondary N) is 2. The number of fused-ring (bicyclic) bond motifs is 1. The van der Waals surface area contributed by atoms with Crippen molar-refractivity contribution < 1.29 is 0 Å². The van der Waals surface area contributed by atoms with Crippen LogP contribution in [0.2, 0.25) is 0 Å². The van der Waals surface area contributed by atoms with Gasteiger partial charge in [-0.1, -0.05) is 0 Å². The summed E-state index contributed by atoms with van der Waals surface area (Å²) in [5, 5.41) is 11.5. The summed E-state index contributed by atoms with van der Waals surface area (Å²) in [5.74, 6) is 2.94. The largest absolute Gasteiger partial charge is 0.354 e. The van der Waals surface area contributed by atoms with Crippen molar-refractivity contribution >= 4 is 29.9 Å². The number of aliphatic imine (C=N–C) groups is 1. The van der Waals surface area contributed by atoms with E-state index in [1.807, 2.05) is 11.6 Å². The van der Waals surface area contributed by atoms with E-state index in [1.165, 1.54) is 19.3 Å². The highest BCUT2D eigenvalue weighted by Gasteiger charge is 2.23. The third-order valence-electron chi connectivity index (χ3n) is 4.07. The van der Waals surface area contributed by atoms with E-state index in [9.17, 15) is 0 Å². The van der Waals surface area contributed by atoms with Gasteiger partial charge in [-0.05, 0) is 39.5 Å². The number of hydrogen-bond donors (Lipinski definition) is 2. The first-order valence-corrected chi connectivity index (χ1v) is 7.72. The molecule has 118 valence electrons. The van der Waals surface area contributed by atoms with Crippen LogP contribution in [0.4, 0.5) is 0 Å². The van der Waals surface area contributed by atoms with Gasteiger partial charge in [-0.15, -0.1) is 24.0 Å². The summed E-state index contributed by atoms with van der Waals surface area (Å²) in [6.07, 6.45) is 5.94. The van der Waals surface area contributed by atoms with Crippen LogP contribution >= 0.6 is 24.0 Å². The lowest BCUT2D eigenvalue weighted by Crippen LogP contribution is -2.51. The number of rotatable bonds is 3. The summed E-state index contributed by atoms with van der Waals surface area (Å²) >= 11 is 0. The molecule has 0 spiro atoms. The Morgan fingerprint density at radius 2 is 2.05 bits per heavy atom. The van der Waals surface area contributed by atoms with Crippen molar-refractivity contribution in [1.82, 2.24) is 25.4 Å². The van der Waals surface area contributed by atoms with Crippen LogP contribution in [0.15, 0.2) is 4.99 Å². The Kier molecular flexibility index (Phi) is 5.83. The van der Waals surface area contributed by atoms with Crippen LogP contribution in [0.5, 0.6) is 0 Å². The topological polar surface area (TPSA) is 67.1 Å². The molecule has 7 heteroatoms. The Balaban J connectivity index is 0.00000161. The van der Waals surface area contributed by atoms with Gasteiger partial charge < -0.3 is 10.6 Å². The predicted octanol–water partition coefficient (Wildman–Crippen LogP) is 1.63. The fourth-order valence-electron chi connectivity index (χ4n) is 2.78. The number of guanidine groups is 1. The van der Waals surface area contributed by atoms with Gasteiger partial charge in [0, 0.05) is 25.0 Å². The predicted molar refractivity (Wildman–Crippen MR) is 94.2 cm³/mol. The second-order valence-corrected chi connectivity index (χ2v) is 5.73. The summed E-state index contributed by atoms with van der Waals surface area (Å²) in [6, 6.07) is 1.00. The lowest BCUT2D eigenvalue weighted by molar-refractivity contribution is 0.363. The minimum Gasteiger partial charge on any atom is -0.354 e. The number of halogens is 1. The average molecular weight is 404 g/mol. The zero-order valence-corrected chi connectivity index (χ0v) is 15.1. The first-order chi connectivity index (χ1) is 9.74. The van der Waals surface area contributed by atoms with Gasteiger partial charge >= 0.3 is 0 Å². The average Bonchev–Trinajstić information content (AvgIpc) is 2.73. The highest BCUT2D eigenvalue weighted by atomic mass is 127. The summed E-state index contributed by atoms with van der Waals surface area (Å²) in [4.78, 5) is 9.00. The van der Waals surface area contributed by atoms with Crippen LogP contribution in [0, 0.1) is 6.92 Å². The van der Waals surface area contributed by atoms with Gasteiger partial charge in [0.1, 0.15) is 11.6 Å². The lowest BCUT2D eigenvalue weighted by Gasteiger charge is -2.31. The minimum absolute atomic E-state index is 0. The van der Waals surface area contributed by atoms with Crippen molar-refractivity contribution in [2.24, 2.45) is 4.99 Å². The normalized spacial score (nSPS) is 22.0. The van der Waals surface area contributed by atoms with Gasteiger partial charge in [-0.2, -0.15) is 5.10 Å². The molecule has 0 radical (unpaired) electrons. The maximum atomic E-state index is 4.55. The molecule has 1 aromatic rings. The number of hydrogen-bond acceptors (Lipinski definition) is 3.